The highest BCUT2D eigenvalue weighted by atomic mass is 16.5. The summed E-state index contributed by atoms with van der Waals surface area (Å²) in [5.74, 6) is 0. The van der Waals surface area contributed by atoms with Crippen LogP contribution < -0.4 is 5.32 Å². The first-order valence-corrected chi connectivity index (χ1v) is 6.46. The minimum Gasteiger partial charge on any atom is -0.383 e. The van der Waals surface area contributed by atoms with Gasteiger partial charge >= 0.3 is 0 Å². The molecule has 1 N–H and O–H groups in total. The van der Waals surface area contributed by atoms with E-state index in [1.807, 2.05) is 24.3 Å². The summed E-state index contributed by atoms with van der Waals surface area (Å²) >= 11 is 0. The molecular weight excluding hydrogens is 224 g/mol. The summed E-state index contributed by atoms with van der Waals surface area (Å²) < 4.78 is 5.22. The van der Waals surface area contributed by atoms with Crippen LogP contribution in [0.3, 0.4) is 0 Å². The number of hydrogen-bond donors (Lipinski definition) is 1. The monoisotopic (exact) mass is 246 g/mol. The number of benzene rings is 1. The summed E-state index contributed by atoms with van der Waals surface area (Å²) in [7, 11) is 1.73. The van der Waals surface area contributed by atoms with E-state index in [4.69, 9.17) is 10.00 Å². The standard InChI is InChI=1S/C15H22N2O/c1-4-5-15(11-18-3)17-12(2)14-8-6-13(10-16)7-9-14/h6-9,12,15,17H,4-5,11H2,1-3H3. The van der Waals surface area contributed by atoms with E-state index in [0.717, 1.165) is 19.4 Å². The second-order valence-electron chi connectivity index (χ2n) is 4.56. The van der Waals surface area contributed by atoms with E-state index < -0.39 is 0 Å². The molecular formula is C15H22N2O. The second-order valence-corrected chi connectivity index (χ2v) is 4.56. The molecule has 3 heteroatoms. The van der Waals surface area contributed by atoms with Crippen LogP contribution >= 0.6 is 0 Å². The van der Waals surface area contributed by atoms with Crippen molar-refractivity contribution in [2.24, 2.45) is 0 Å². The SMILES string of the molecule is CCCC(COC)NC(C)c1ccc(C#N)cc1. The number of nitriles is 1. The summed E-state index contributed by atoms with van der Waals surface area (Å²) in [6.07, 6.45) is 2.25. The molecule has 0 radical (unpaired) electrons. The Balaban J connectivity index is 2.61. The fourth-order valence-corrected chi connectivity index (χ4v) is 2.06. The molecule has 0 aliphatic carbocycles. The van der Waals surface area contributed by atoms with Crippen LogP contribution in [0.2, 0.25) is 0 Å². The Labute approximate surface area is 110 Å². The fraction of sp³-hybridized carbons (Fsp3) is 0.533. The van der Waals surface area contributed by atoms with Crippen molar-refractivity contribution in [3.8, 4) is 6.07 Å². The van der Waals surface area contributed by atoms with E-state index in [1.165, 1.54) is 5.56 Å². The van der Waals surface area contributed by atoms with Crippen molar-refractivity contribution in [1.29, 1.82) is 5.26 Å². The zero-order valence-electron chi connectivity index (χ0n) is 11.4. The zero-order valence-corrected chi connectivity index (χ0v) is 11.4. The predicted octanol–water partition coefficient (Wildman–Crippen LogP) is 3.02. The number of rotatable bonds is 7. The minimum absolute atomic E-state index is 0.268. The molecule has 0 aliphatic heterocycles. The number of ether oxygens (including phenoxy) is 1. The van der Waals surface area contributed by atoms with Gasteiger partial charge in [-0.25, -0.2) is 0 Å². The Morgan fingerprint density at radius 3 is 2.50 bits per heavy atom. The van der Waals surface area contributed by atoms with Crippen molar-refractivity contribution in [2.75, 3.05) is 13.7 Å². The van der Waals surface area contributed by atoms with E-state index >= 15 is 0 Å². The third kappa shape index (κ3) is 4.48. The maximum Gasteiger partial charge on any atom is 0.0991 e. The van der Waals surface area contributed by atoms with Gasteiger partial charge in [0.1, 0.15) is 0 Å². The Morgan fingerprint density at radius 1 is 1.33 bits per heavy atom. The van der Waals surface area contributed by atoms with E-state index in [-0.39, 0.29) is 6.04 Å². The molecule has 3 nitrogen and oxygen atoms in total. The van der Waals surface area contributed by atoms with Crippen LogP contribution in [0, 0.1) is 11.3 Å². The molecule has 18 heavy (non-hydrogen) atoms. The maximum absolute atomic E-state index is 8.77. The first-order chi connectivity index (χ1) is 8.71. The number of hydrogen-bond acceptors (Lipinski definition) is 3. The van der Waals surface area contributed by atoms with Crippen LogP contribution in [-0.4, -0.2) is 19.8 Å². The molecule has 98 valence electrons. The van der Waals surface area contributed by atoms with Gasteiger partial charge in [-0.1, -0.05) is 25.5 Å². The Morgan fingerprint density at radius 2 is 2.00 bits per heavy atom. The predicted molar refractivity (Wildman–Crippen MR) is 73.3 cm³/mol. The minimum atomic E-state index is 0.268. The quantitative estimate of drug-likeness (QED) is 0.804. The molecule has 0 heterocycles. The third-order valence-electron chi connectivity index (χ3n) is 3.03. The molecule has 1 aromatic carbocycles. The molecule has 0 amide bonds. The lowest BCUT2D eigenvalue weighted by atomic mass is 10.0. The molecule has 1 aromatic rings. The first-order valence-electron chi connectivity index (χ1n) is 6.46. The van der Waals surface area contributed by atoms with Crippen LogP contribution in [0.5, 0.6) is 0 Å². The Hall–Kier alpha value is -1.37. The average molecular weight is 246 g/mol. The van der Waals surface area contributed by atoms with Gasteiger partial charge in [-0.2, -0.15) is 5.26 Å². The van der Waals surface area contributed by atoms with Gasteiger partial charge in [0.05, 0.1) is 18.2 Å². The summed E-state index contributed by atoms with van der Waals surface area (Å²) in [6, 6.07) is 10.5. The van der Waals surface area contributed by atoms with E-state index in [9.17, 15) is 0 Å². The summed E-state index contributed by atoms with van der Waals surface area (Å²) in [4.78, 5) is 0. The van der Waals surface area contributed by atoms with E-state index in [2.05, 4.69) is 25.2 Å². The summed E-state index contributed by atoms with van der Waals surface area (Å²) in [5.41, 5.74) is 1.90. The van der Waals surface area contributed by atoms with Gasteiger partial charge in [0, 0.05) is 19.2 Å². The highest BCUT2D eigenvalue weighted by Gasteiger charge is 2.12. The van der Waals surface area contributed by atoms with Gasteiger partial charge in [0.2, 0.25) is 0 Å². The smallest absolute Gasteiger partial charge is 0.0991 e. The van der Waals surface area contributed by atoms with Crippen molar-refractivity contribution in [1.82, 2.24) is 5.32 Å². The second kappa shape index (κ2) is 7.86. The van der Waals surface area contributed by atoms with Gasteiger partial charge in [-0.3, -0.25) is 0 Å². The lowest BCUT2D eigenvalue weighted by Crippen LogP contribution is -2.35. The van der Waals surface area contributed by atoms with Crippen molar-refractivity contribution < 1.29 is 4.74 Å². The van der Waals surface area contributed by atoms with Gasteiger partial charge in [-0.15, -0.1) is 0 Å². The normalized spacial score (nSPS) is 13.9. The third-order valence-corrected chi connectivity index (χ3v) is 3.03. The first kappa shape index (κ1) is 14.7. The Kier molecular flexibility index (Phi) is 6.42. The van der Waals surface area contributed by atoms with E-state index in [0.29, 0.717) is 11.6 Å². The highest BCUT2D eigenvalue weighted by molar-refractivity contribution is 5.32. The van der Waals surface area contributed by atoms with E-state index in [1.54, 1.807) is 7.11 Å². The molecule has 0 aromatic heterocycles. The molecule has 2 unspecified atom stereocenters. The van der Waals surface area contributed by atoms with Crippen LogP contribution in [-0.2, 0) is 4.74 Å². The fourth-order valence-electron chi connectivity index (χ4n) is 2.06. The topological polar surface area (TPSA) is 45.0 Å². The summed E-state index contributed by atoms with van der Waals surface area (Å²) in [6.45, 7) is 5.05. The molecule has 0 spiro atoms. The van der Waals surface area contributed by atoms with Crippen molar-refractivity contribution in [3.05, 3.63) is 35.4 Å². The largest absolute Gasteiger partial charge is 0.383 e. The highest BCUT2D eigenvalue weighted by Crippen LogP contribution is 2.15. The summed E-state index contributed by atoms with van der Waals surface area (Å²) in [5, 5.41) is 12.3. The van der Waals surface area contributed by atoms with Crippen LogP contribution in [0.1, 0.15) is 43.9 Å². The average Bonchev–Trinajstić information content (AvgIpc) is 2.39. The molecule has 0 aliphatic rings. The lowest BCUT2D eigenvalue weighted by Gasteiger charge is -2.22. The van der Waals surface area contributed by atoms with Crippen molar-refractivity contribution in [2.45, 2.75) is 38.8 Å². The molecule has 2 atom stereocenters. The molecule has 0 saturated heterocycles. The van der Waals surface area contributed by atoms with Gasteiger partial charge in [0.15, 0.2) is 0 Å². The molecule has 0 fully saturated rings. The number of methoxy groups -OCH3 is 1. The Bertz CT molecular complexity index is 374. The van der Waals surface area contributed by atoms with Gasteiger partial charge < -0.3 is 10.1 Å². The molecule has 0 bridgehead atoms. The van der Waals surface area contributed by atoms with Gasteiger partial charge in [-0.05, 0) is 31.0 Å². The molecule has 1 rings (SSSR count). The maximum atomic E-state index is 8.77. The van der Waals surface area contributed by atoms with Crippen LogP contribution in [0.25, 0.3) is 0 Å². The zero-order chi connectivity index (χ0) is 13.4. The van der Waals surface area contributed by atoms with Gasteiger partial charge in [0.25, 0.3) is 0 Å². The van der Waals surface area contributed by atoms with Crippen molar-refractivity contribution >= 4 is 0 Å². The number of nitrogens with one attached hydrogen (secondary N) is 1. The van der Waals surface area contributed by atoms with Crippen LogP contribution in [0.15, 0.2) is 24.3 Å². The van der Waals surface area contributed by atoms with Crippen LogP contribution in [0.4, 0.5) is 0 Å². The lowest BCUT2D eigenvalue weighted by molar-refractivity contribution is 0.157. The number of nitrogens with zero attached hydrogens (tertiary/aromatic N) is 1. The molecule has 0 saturated carbocycles. The van der Waals surface area contributed by atoms with Crippen molar-refractivity contribution in [3.63, 3.8) is 0 Å².